The molecule has 0 spiro atoms. The second-order valence-corrected chi connectivity index (χ2v) is 5.84. The van der Waals surface area contributed by atoms with Crippen LogP contribution in [0, 0.1) is 0 Å². The fraction of sp³-hybridized carbons (Fsp3) is 0.357. The molecule has 1 unspecified atom stereocenters. The van der Waals surface area contributed by atoms with E-state index < -0.39 is 6.10 Å². The number of aliphatic hydroxyl groups is 1. The van der Waals surface area contributed by atoms with Crippen molar-refractivity contribution in [1.29, 1.82) is 0 Å². The second-order valence-electron chi connectivity index (χ2n) is 4.51. The average molecular weight is 344 g/mol. The van der Waals surface area contributed by atoms with Crippen molar-refractivity contribution in [2.75, 3.05) is 0 Å². The fourth-order valence-electron chi connectivity index (χ4n) is 2.11. The molecular weight excluding hydrogens is 328 g/mol. The largest absolute Gasteiger partial charge is 0.388 e. The third-order valence-corrected chi connectivity index (χ3v) is 3.90. The highest BCUT2D eigenvalue weighted by molar-refractivity contribution is 9.10. The van der Waals surface area contributed by atoms with Gasteiger partial charge in [0.15, 0.2) is 0 Å². The number of rotatable bonds is 4. The van der Waals surface area contributed by atoms with E-state index in [0.29, 0.717) is 11.4 Å². The number of nitrogens with zero attached hydrogens (tertiary/aromatic N) is 2. The first-order valence-electron chi connectivity index (χ1n) is 6.15. The Bertz CT molecular complexity index is 583. The van der Waals surface area contributed by atoms with Gasteiger partial charge in [-0.3, -0.25) is 4.68 Å². The molecule has 2 aromatic rings. The lowest BCUT2D eigenvalue weighted by Crippen LogP contribution is -2.04. The van der Waals surface area contributed by atoms with Gasteiger partial charge in [-0.15, -0.1) is 0 Å². The van der Waals surface area contributed by atoms with E-state index in [-0.39, 0.29) is 0 Å². The number of aryl methyl sites for hydroxylation is 2. The Hall–Kier alpha value is -0.840. The molecular formula is C14H16BrClN2O. The van der Waals surface area contributed by atoms with Gasteiger partial charge in [0, 0.05) is 34.7 Å². The Labute approximate surface area is 126 Å². The molecule has 1 aromatic heterocycles. The summed E-state index contributed by atoms with van der Waals surface area (Å²) in [6.45, 7) is 2.03. The minimum atomic E-state index is -0.581. The summed E-state index contributed by atoms with van der Waals surface area (Å²) in [5.41, 5.74) is 2.75. The number of aromatic nitrogens is 2. The van der Waals surface area contributed by atoms with Crippen LogP contribution >= 0.6 is 27.5 Å². The van der Waals surface area contributed by atoms with E-state index >= 15 is 0 Å². The van der Waals surface area contributed by atoms with Crippen LogP contribution in [0.5, 0.6) is 0 Å². The van der Waals surface area contributed by atoms with E-state index in [2.05, 4.69) is 21.0 Å². The van der Waals surface area contributed by atoms with Gasteiger partial charge < -0.3 is 5.11 Å². The zero-order valence-corrected chi connectivity index (χ0v) is 13.2. The van der Waals surface area contributed by atoms with Gasteiger partial charge in [0.1, 0.15) is 0 Å². The van der Waals surface area contributed by atoms with Crippen LogP contribution in [0.15, 0.2) is 28.9 Å². The predicted octanol–water partition coefficient (Wildman–Crippen LogP) is 3.67. The molecule has 0 aliphatic heterocycles. The summed E-state index contributed by atoms with van der Waals surface area (Å²) in [5, 5.41) is 15.4. The highest BCUT2D eigenvalue weighted by atomic mass is 79.9. The lowest BCUT2D eigenvalue weighted by molar-refractivity contribution is 0.177. The summed E-state index contributed by atoms with van der Waals surface area (Å²) >= 11 is 9.55. The first kappa shape index (κ1) is 14.6. The molecule has 3 nitrogen and oxygen atoms in total. The number of benzene rings is 1. The molecule has 1 N–H and O–H groups in total. The van der Waals surface area contributed by atoms with Crippen molar-refractivity contribution in [2.45, 2.75) is 25.9 Å². The molecule has 0 aliphatic carbocycles. The quantitative estimate of drug-likeness (QED) is 0.919. The second kappa shape index (κ2) is 6.07. The molecule has 0 amide bonds. The normalized spacial score (nSPS) is 12.7. The van der Waals surface area contributed by atoms with Gasteiger partial charge in [-0.05, 0) is 24.1 Å². The van der Waals surface area contributed by atoms with Crippen LogP contribution in [-0.4, -0.2) is 14.9 Å². The maximum absolute atomic E-state index is 10.4. The fourth-order valence-corrected chi connectivity index (χ4v) is 2.86. The highest BCUT2D eigenvalue weighted by Crippen LogP contribution is 2.27. The van der Waals surface area contributed by atoms with E-state index in [1.807, 2.05) is 38.4 Å². The SMILES string of the molecule is CCc1nn(C)cc1C(O)Cc1ccc(Br)cc1Cl. The Kier molecular flexibility index (Phi) is 4.66. The van der Waals surface area contributed by atoms with Gasteiger partial charge >= 0.3 is 0 Å². The Morgan fingerprint density at radius 2 is 2.21 bits per heavy atom. The number of halogens is 2. The summed E-state index contributed by atoms with van der Waals surface area (Å²) in [5.74, 6) is 0. The molecule has 1 heterocycles. The Balaban J connectivity index is 2.22. The van der Waals surface area contributed by atoms with E-state index in [1.165, 1.54) is 0 Å². The number of hydrogen-bond donors (Lipinski definition) is 1. The van der Waals surface area contributed by atoms with Crippen molar-refractivity contribution in [1.82, 2.24) is 9.78 Å². The molecule has 0 saturated carbocycles. The Morgan fingerprint density at radius 1 is 1.47 bits per heavy atom. The lowest BCUT2D eigenvalue weighted by Gasteiger charge is -2.12. The summed E-state index contributed by atoms with van der Waals surface area (Å²) in [7, 11) is 1.86. The van der Waals surface area contributed by atoms with E-state index in [0.717, 1.165) is 27.7 Å². The van der Waals surface area contributed by atoms with E-state index in [1.54, 1.807) is 4.68 Å². The third-order valence-electron chi connectivity index (χ3n) is 3.06. The van der Waals surface area contributed by atoms with Gasteiger partial charge in [-0.1, -0.05) is 40.5 Å². The minimum Gasteiger partial charge on any atom is -0.388 e. The van der Waals surface area contributed by atoms with E-state index in [9.17, 15) is 5.11 Å². The van der Waals surface area contributed by atoms with Crippen LogP contribution in [0.3, 0.4) is 0 Å². The third kappa shape index (κ3) is 3.38. The maximum atomic E-state index is 10.4. The van der Waals surface area contributed by atoms with Gasteiger partial charge in [0.05, 0.1) is 11.8 Å². The molecule has 0 radical (unpaired) electrons. The molecule has 5 heteroatoms. The molecule has 102 valence electrons. The summed E-state index contributed by atoms with van der Waals surface area (Å²) in [4.78, 5) is 0. The van der Waals surface area contributed by atoms with Crippen molar-refractivity contribution in [3.8, 4) is 0 Å². The molecule has 2 rings (SSSR count). The summed E-state index contributed by atoms with van der Waals surface area (Å²) < 4.78 is 2.67. The zero-order valence-electron chi connectivity index (χ0n) is 10.9. The molecule has 0 bridgehead atoms. The number of hydrogen-bond acceptors (Lipinski definition) is 2. The monoisotopic (exact) mass is 342 g/mol. The van der Waals surface area contributed by atoms with Crippen molar-refractivity contribution in [3.05, 3.63) is 50.7 Å². The molecule has 0 aliphatic rings. The summed E-state index contributed by atoms with van der Waals surface area (Å²) in [6, 6.07) is 5.70. The van der Waals surface area contributed by atoms with Crippen molar-refractivity contribution < 1.29 is 5.11 Å². The van der Waals surface area contributed by atoms with Crippen LogP contribution in [0.2, 0.25) is 5.02 Å². The standard InChI is InChI=1S/C14H16BrClN2O/c1-3-13-11(8-18(2)17-13)14(19)6-9-4-5-10(15)7-12(9)16/h4-5,7-8,14,19H,3,6H2,1-2H3. The summed E-state index contributed by atoms with van der Waals surface area (Å²) in [6.07, 6.45) is 2.59. The smallest absolute Gasteiger partial charge is 0.0864 e. The molecule has 0 saturated heterocycles. The van der Waals surface area contributed by atoms with Crippen LogP contribution in [-0.2, 0) is 19.9 Å². The number of aliphatic hydroxyl groups excluding tert-OH is 1. The van der Waals surface area contributed by atoms with Crippen LogP contribution < -0.4 is 0 Å². The molecule has 0 fully saturated rings. The molecule has 1 aromatic carbocycles. The van der Waals surface area contributed by atoms with E-state index in [4.69, 9.17) is 11.6 Å². The van der Waals surface area contributed by atoms with Gasteiger partial charge in [-0.25, -0.2) is 0 Å². The first-order chi connectivity index (χ1) is 9.01. The van der Waals surface area contributed by atoms with Crippen LogP contribution in [0.4, 0.5) is 0 Å². The minimum absolute atomic E-state index is 0.491. The van der Waals surface area contributed by atoms with Gasteiger partial charge in [-0.2, -0.15) is 5.10 Å². The lowest BCUT2D eigenvalue weighted by atomic mass is 10.0. The first-order valence-corrected chi connectivity index (χ1v) is 7.32. The van der Waals surface area contributed by atoms with Crippen molar-refractivity contribution in [3.63, 3.8) is 0 Å². The maximum Gasteiger partial charge on any atom is 0.0864 e. The molecule has 1 atom stereocenters. The van der Waals surface area contributed by atoms with Crippen molar-refractivity contribution in [2.24, 2.45) is 7.05 Å². The topological polar surface area (TPSA) is 38.0 Å². The Morgan fingerprint density at radius 3 is 2.84 bits per heavy atom. The van der Waals surface area contributed by atoms with Crippen LogP contribution in [0.25, 0.3) is 0 Å². The van der Waals surface area contributed by atoms with Gasteiger partial charge in [0.2, 0.25) is 0 Å². The average Bonchev–Trinajstić information content (AvgIpc) is 2.74. The highest BCUT2D eigenvalue weighted by Gasteiger charge is 2.17. The molecule has 19 heavy (non-hydrogen) atoms. The van der Waals surface area contributed by atoms with Crippen LogP contribution in [0.1, 0.15) is 29.8 Å². The predicted molar refractivity (Wildman–Crippen MR) is 80.4 cm³/mol. The van der Waals surface area contributed by atoms with Gasteiger partial charge in [0.25, 0.3) is 0 Å². The van der Waals surface area contributed by atoms with Crippen molar-refractivity contribution >= 4 is 27.5 Å². The zero-order chi connectivity index (χ0) is 14.0.